The lowest BCUT2D eigenvalue weighted by atomic mass is 10.1. The van der Waals surface area contributed by atoms with Crippen LogP contribution in [-0.4, -0.2) is 35.7 Å². The Kier molecular flexibility index (Phi) is 5.12. The Labute approximate surface area is 176 Å². The first kappa shape index (κ1) is 20.4. The number of ether oxygens (including phenoxy) is 1. The minimum absolute atomic E-state index is 0.0216. The highest BCUT2D eigenvalue weighted by molar-refractivity contribution is 7.89. The Morgan fingerprint density at radius 2 is 1.52 bits per heavy atom. The maximum atomic E-state index is 12.6. The molecule has 2 N–H and O–H groups in total. The van der Waals surface area contributed by atoms with Crippen LogP contribution in [0.2, 0.25) is 0 Å². The standard InChI is InChI=1S/C22H19N3O5S/c1-30-16-9-7-14(8-10-16)11-18-21(26)24-19(22(27)23-18)12-15-13-25(31(2,28)29)20-6-4-3-5-17(15)20/h3-13H,1-2H3,(H,23,27)(H,24,26)/b18-11-,19-12-. The van der Waals surface area contributed by atoms with Gasteiger partial charge >= 0.3 is 0 Å². The maximum absolute atomic E-state index is 12.6. The largest absolute Gasteiger partial charge is 0.497 e. The van der Waals surface area contributed by atoms with Crippen LogP contribution in [0.1, 0.15) is 11.1 Å². The summed E-state index contributed by atoms with van der Waals surface area (Å²) in [5.41, 5.74) is 0.715. The van der Waals surface area contributed by atoms with E-state index in [0.717, 1.165) is 15.8 Å². The lowest BCUT2D eigenvalue weighted by Gasteiger charge is -2.00. The van der Waals surface area contributed by atoms with Gasteiger partial charge in [-0.25, -0.2) is 12.4 Å². The summed E-state index contributed by atoms with van der Waals surface area (Å²) in [6.07, 6.45) is 5.54. The Balaban J connectivity index is 1.87. The van der Waals surface area contributed by atoms with Crippen molar-refractivity contribution in [3.63, 3.8) is 0 Å². The molecule has 0 atom stereocenters. The fourth-order valence-corrected chi connectivity index (χ4v) is 4.10. The molecule has 0 aliphatic carbocycles. The number of hydrogen-bond acceptors (Lipinski definition) is 5. The van der Waals surface area contributed by atoms with Crippen LogP contribution in [0.4, 0.5) is 0 Å². The van der Waals surface area contributed by atoms with E-state index in [1.807, 2.05) is 0 Å². The number of fused-ring (bicyclic) bond motifs is 1. The molecule has 2 heterocycles. The molecule has 4 rings (SSSR count). The van der Waals surface area contributed by atoms with Crippen LogP contribution in [0.5, 0.6) is 5.75 Å². The molecule has 0 aliphatic rings. The first-order chi connectivity index (χ1) is 14.8. The van der Waals surface area contributed by atoms with Gasteiger partial charge in [-0.05, 0) is 35.9 Å². The van der Waals surface area contributed by atoms with Gasteiger partial charge in [0.2, 0.25) is 10.0 Å². The Morgan fingerprint density at radius 1 is 0.903 bits per heavy atom. The second kappa shape index (κ2) is 7.77. The predicted octanol–water partition coefficient (Wildman–Crippen LogP) is 0.492. The monoisotopic (exact) mass is 437 g/mol. The van der Waals surface area contributed by atoms with Crippen LogP contribution in [0.15, 0.2) is 64.3 Å². The van der Waals surface area contributed by atoms with Gasteiger partial charge in [0.25, 0.3) is 11.1 Å². The molecule has 0 aliphatic heterocycles. The summed E-state index contributed by atoms with van der Waals surface area (Å²) >= 11 is 0. The van der Waals surface area contributed by atoms with Crippen molar-refractivity contribution in [1.82, 2.24) is 13.9 Å². The van der Waals surface area contributed by atoms with Gasteiger partial charge in [0.1, 0.15) is 16.4 Å². The number of benzene rings is 2. The van der Waals surface area contributed by atoms with Gasteiger partial charge in [-0.1, -0.05) is 30.3 Å². The Bertz CT molecular complexity index is 1630. The zero-order valence-electron chi connectivity index (χ0n) is 16.7. The Morgan fingerprint density at radius 3 is 2.13 bits per heavy atom. The number of methoxy groups -OCH3 is 1. The number of para-hydroxylation sites is 1. The molecule has 0 radical (unpaired) electrons. The topological polar surface area (TPSA) is 114 Å². The molecule has 0 bridgehead atoms. The van der Waals surface area contributed by atoms with Crippen LogP contribution in [0.25, 0.3) is 23.1 Å². The number of aromatic nitrogens is 3. The molecule has 9 heteroatoms. The summed E-state index contributed by atoms with van der Waals surface area (Å²) in [5.74, 6) is 0.678. The van der Waals surface area contributed by atoms with Crippen molar-refractivity contribution in [3.8, 4) is 5.75 Å². The summed E-state index contributed by atoms with van der Waals surface area (Å²) in [5, 5.41) is 0.765. The van der Waals surface area contributed by atoms with Crippen LogP contribution in [-0.2, 0) is 10.0 Å². The summed E-state index contributed by atoms with van der Waals surface area (Å²) < 4.78 is 30.5. The van der Waals surface area contributed by atoms with Gasteiger partial charge < -0.3 is 14.7 Å². The molecule has 31 heavy (non-hydrogen) atoms. The van der Waals surface area contributed by atoms with Crippen molar-refractivity contribution in [1.29, 1.82) is 0 Å². The lowest BCUT2D eigenvalue weighted by molar-refractivity contribution is 0.415. The molecule has 2 aromatic carbocycles. The van der Waals surface area contributed by atoms with Crippen molar-refractivity contribution in [2.75, 3.05) is 13.4 Å². The Hall–Kier alpha value is -3.85. The molecule has 0 fully saturated rings. The van der Waals surface area contributed by atoms with Gasteiger partial charge in [0.15, 0.2) is 0 Å². The van der Waals surface area contributed by atoms with Gasteiger partial charge in [-0.3, -0.25) is 9.59 Å². The van der Waals surface area contributed by atoms with E-state index in [1.54, 1.807) is 61.7 Å². The zero-order valence-corrected chi connectivity index (χ0v) is 17.6. The maximum Gasteiger partial charge on any atom is 0.272 e. The van der Waals surface area contributed by atoms with E-state index in [9.17, 15) is 18.0 Å². The molecule has 158 valence electrons. The van der Waals surface area contributed by atoms with E-state index in [0.29, 0.717) is 22.2 Å². The fourth-order valence-electron chi connectivity index (χ4n) is 3.28. The molecule has 0 saturated heterocycles. The van der Waals surface area contributed by atoms with E-state index in [2.05, 4.69) is 9.97 Å². The average Bonchev–Trinajstić information content (AvgIpc) is 3.11. The number of aromatic amines is 2. The number of rotatable bonds is 4. The zero-order chi connectivity index (χ0) is 22.2. The number of nitrogens with one attached hydrogen (secondary N) is 2. The summed E-state index contributed by atoms with van der Waals surface area (Å²) in [6.45, 7) is 0. The minimum atomic E-state index is -3.54. The first-order valence-electron chi connectivity index (χ1n) is 9.27. The molecule has 0 unspecified atom stereocenters. The third-order valence-corrected chi connectivity index (χ3v) is 5.80. The highest BCUT2D eigenvalue weighted by Gasteiger charge is 2.13. The molecule has 2 aromatic heterocycles. The van der Waals surface area contributed by atoms with Crippen LogP contribution < -0.4 is 26.6 Å². The minimum Gasteiger partial charge on any atom is -0.497 e. The number of hydrogen-bond donors (Lipinski definition) is 2. The van der Waals surface area contributed by atoms with Crippen molar-refractivity contribution in [2.45, 2.75) is 0 Å². The predicted molar refractivity (Wildman–Crippen MR) is 119 cm³/mol. The van der Waals surface area contributed by atoms with Gasteiger partial charge in [0, 0.05) is 17.1 Å². The molecular formula is C22H19N3O5S. The van der Waals surface area contributed by atoms with Crippen LogP contribution in [0, 0.1) is 0 Å². The van der Waals surface area contributed by atoms with Crippen molar-refractivity contribution >= 4 is 33.1 Å². The van der Waals surface area contributed by atoms with E-state index in [4.69, 9.17) is 4.74 Å². The number of H-pyrrole nitrogens is 2. The average molecular weight is 437 g/mol. The van der Waals surface area contributed by atoms with E-state index in [-0.39, 0.29) is 10.7 Å². The molecule has 0 spiro atoms. The fraction of sp³-hybridized carbons (Fsp3) is 0.0909. The quantitative estimate of drug-likeness (QED) is 0.482. The van der Waals surface area contributed by atoms with Crippen molar-refractivity contribution < 1.29 is 13.2 Å². The highest BCUT2D eigenvalue weighted by atomic mass is 32.2. The van der Waals surface area contributed by atoms with Crippen molar-refractivity contribution in [2.24, 2.45) is 0 Å². The van der Waals surface area contributed by atoms with Gasteiger partial charge in [-0.15, -0.1) is 0 Å². The van der Waals surface area contributed by atoms with Crippen molar-refractivity contribution in [3.05, 3.63) is 97.3 Å². The van der Waals surface area contributed by atoms with Gasteiger partial charge in [0.05, 0.1) is 18.9 Å². The first-order valence-corrected chi connectivity index (χ1v) is 11.1. The molecule has 0 amide bonds. The van der Waals surface area contributed by atoms with Crippen LogP contribution in [0.3, 0.4) is 0 Å². The summed E-state index contributed by atoms with van der Waals surface area (Å²) in [7, 11) is -1.98. The normalized spacial score (nSPS) is 13.1. The number of nitrogens with zero attached hydrogens (tertiary/aromatic N) is 1. The molecular weight excluding hydrogens is 418 g/mol. The van der Waals surface area contributed by atoms with E-state index >= 15 is 0 Å². The second-order valence-corrected chi connectivity index (χ2v) is 8.82. The molecule has 0 saturated carbocycles. The van der Waals surface area contributed by atoms with E-state index in [1.165, 1.54) is 12.3 Å². The molecule has 8 nitrogen and oxygen atoms in total. The van der Waals surface area contributed by atoms with Crippen LogP contribution >= 0.6 is 0 Å². The summed E-state index contributed by atoms with van der Waals surface area (Å²) in [4.78, 5) is 30.3. The SMILES string of the molecule is COc1ccc(/C=c2\[nH]c(=O)/c(=C/c3cn(S(C)(=O)=O)c4ccccc34)[nH]c2=O)cc1. The smallest absolute Gasteiger partial charge is 0.272 e. The third-order valence-electron chi connectivity index (χ3n) is 4.78. The lowest BCUT2D eigenvalue weighted by Crippen LogP contribution is -2.46. The summed E-state index contributed by atoms with van der Waals surface area (Å²) in [6, 6.07) is 13.9. The second-order valence-electron chi connectivity index (χ2n) is 6.96. The van der Waals surface area contributed by atoms with E-state index < -0.39 is 21.1 Å². The van der Waals surface area contributed by atoms with Gasteiger partial charge in [-0.2, -0.15) is 0 Å². The highest BCUT2D eigenvalue weighted by Crippen LogP contribution is 2.23. The third kappa shape index (κ3) is 4.08. The molecule has 4 aromatic rings.